The Morgan fingerprint density at radius 3 is 2.42 bits per heavy atom. The summed E-state index contributed by atoms with van der Waals surface area (Å²) in [5.41, 5.74) is 3.03. The summed E-state index contributed by atoms with van der Waals surface area (Å²) < 4.78 is 26.8. The van der Waals surface area contributed by atoms with E-state index < -0.39 is 30.6 Å². The first-order valence-corrected chi connectivity index (χ1v) is 12.4. The first kappa shape index (κ1) is 26.5. The summed E-state index contributed by atoms with van der Waals surface area (Å²) in [6.45, 7) is 5.43. The van der Waals surface area contributed by atoms with Gasteiger partial charge < -0.3 is 14.6 Å². The highest BCUT2D eigenvalue weighted by Gasteiger charge is 2.42. The van der Waals surface area contributed by atoms with Gasteiger partial charge in [-0.25, -0.2) is 9.18 Å². The van der Waals surface area contributed by atoms with Gasteiger partial charge in [0.05, 0.1) is 17.2 Å². The van der Waals surface area contributed by atoms with Gasteiger partial charge in [0.1, 0.15) is 11.6 Å². The second-order valence-electron chi connectivity index (χ2n) is 8.87. The molecule has 1 saturated heterocycles. The molecular weight excluding hydrogens is 526 g/mol. The van der Waals surface area contributed by atoms with Gasteiger partial charge in [0.25, 0.3) is 0 Å². The molecule has 1 aliphatic rings. The van der Waals surface area contributed by atoms with Crippen LogP contribution < -0.4 is 4.74 Å². The molecule has 1 aliphatic heterocycles. The maximum absolute atomic E-state index is 14.6. The Morgan fingerprint density at radius 1 is 1.06 bits per heavy atom. The maximum atomic E-state index is 14.6. The van der Waals surface area contributed by atoms with Crippen molar-refractivity contribution in [2.75, 3.05) is 6.61 Å². The predicted molar refractivity (Wildman–Crippen MR) is 140 cm³/mol. The number of hydrogen-bond donors (Lipinski definition) is 1. The first-order chi connectivity index (χ1) is 17.1. The van der Waals surface area contributed by atoms with Crippen LogP contribution in [0.1, 0.15) is 48.2 Å². The number of carboxylic acid groups (broad SMARTS) is 1. The van der Waals surface area contributed by atoms with Crippen LogP contribution in [-0.4, -0.2) is 17.7 Å². The minimum absolute atomic E-state index is 0.0321. The van der Waals surface area contributed by atoms with E-state index in [0.717, 1.165) is 22.8 Å². The number of hydrogen-bond acceptors (Lipinski definition) is 3. The third-order valence-electron chi connectivity index (χ3n) is 6.32. The maximum Gasteiger partial charge on any atom is 0.341 e. The Labute approximate surface area is 224 Å². The highest BCUT2D eigenvalue weighted by molar-refractivity contribution is 6.32. The smallest absolute Gasteiger partial charge is 0.341 e. The lowest BCUT2D eigenvalue weighted by Gasteiger charge is -2.43. The molecule has 188 valence electrons. The van der Waals surface area contributed by atoms with Gasteiger partial charge in [-0.2, -0.15) is 0 Å². The van der Waals surface area contributed by atoms with Crippen LogP contribution in [-0.2, 0) is 9.53 Å². The Morgan fingerprint density at radius 2 is 1.78 bits per heavy atom. The van der Waals surface area contributed by atoms with Gasteiger partial charge >= 0.3 is 5.97 Å². The van der Waals surface area contributed by atoms with E-state index >= 15 is 0 Å². The Bertz CT molecular complexity index is 1280. The summed E-state index contributed by atoms with van der Waals surface area (Å²) in [5.74, 6) is -2.03. The standard InChI is InChI=1S/C28H24Cl3FO4/c1-15(2)21-13-22(17-4-3-5-19(30)10-17)26(16-6-8-18(29)9-7-16)36-27(21)23-11-20(32)12-24(31)28(23)35-14-25(33)34/h3-12,21-22,26-27H,1,13-14H2,2H3,(H,33,34)/t21-,22-,26+,27+/m1/s1. The van der Waals surface area contributed by atoms with E-state index in [9.17, 15) is 9.18 Å². The summed E-state index contributed by atoms with van der Waals surface area (Å²) in [5, 5.41) is 10.3. The van der Waals surface area contributed by atoms with Crippen molar-refractivity contribution in [2.24, 2.45) is 5.92 Å². The van der Waals surface area contributed by atoms with Gasteiger partial charge in [-0.3, -0.25) is 0 Å². The van der Waals surface area contributed by atoms with Gasteiger partial charge in [0.15, 0.2) is 6.61 Å². The summed E-state index contributed by atoms with van der Waals surface area (Å²) in [6.07, 6.45) is -0.536. The minimum Gasteiger partial charge on any atom is -0.480 e. The number of halogens is 4. The van der Waals surface area contributed by atoms with Gasteiger partial charge in [-0.15, -0.1) is 0 Å². The fourth-order valence-corrected chi connectivity index (χ4v) is 5.30. The van der Waals surface area contributed by atoms with Crippen LogP contribution in [0.5, 0.6) is 5.75 Å². The molecule has 0 radical (unpaired) electrons. The second-order valence-corrected chi connectivity index (χ2v) is 10.1. The molecular formula is C28H24Cl3FO4. The molecule has 1 heterocycles. The molecule has 4 atom stereocenters. The number of carboxylic acids is 1. The number of benzene rings is 3. The lowest BCUT2D eigenvalue weighted by Crippen LogP contribution is -2.32. The molecule has 36 heavy (non-hydrogen) atoms. The lowest BCUT2D eigenvalue weighted by molar-refractivity contribution is -0.139. The Kier molecular flexibility index (Phi) is 8.26. The van der Waals surface area contributed by atoms with Gasteiger partial charge in [-0.05, 0) is 60.9 Å². The van der Waals surface area contributed by atoms with Crippen molar-refractivity contribution in [2.45, 2.75) is 31.5 Å². The van der Waals surface area contributed by atoms with Crippen LogP contribution >= 0.6 is 34.8 Å². The molecule has 0 spiro atoms. The SMILES string of the molecule is C=C(C)[C@H]1C[C@H](c2cccc(Cl)c2)[C@H](c2ccc(Cl)cc2)O[C@@H]1c1cc(F)cc(Cl)c1OCC(=O)O. The van der Waals surface area contributed by atoms with Crippen molar-refractivity contribution >= 4 is 40.8 Å². The molecule has 0 aliphatic carbocycles. The van der Waals surface area contributed by atoms with E-state index in [-0.39, 0.29) is 22.6 Å². The number of ether oxygens (including phenoxy) is 2. The van der Waals surface area contributed by atoms with Crippen LogP contribution in [0, 0.1) is 11.7 Å². The molecule has 1 fully saturated rings. The zero-order chi connectivity index (χ0) is 26.0. The highest BCUT2D eigenvalue weighted by atomic mass is 35.5. The van der Waals surface area contributed by atoms with E-state index in [2.05, 4.69) is 6.58 Å². The largest absolute Gasteiger partial charge is 0.480 e. The van der Waals surface area contributed by atoms with E-state index in [4.69, 9.17) is 49.4 Å². The summed E-state index contributed by atoms with van der Waals surface area (Å²) in [6, 6.07) is 17.3. The van der Waals surface area contributed by atoms with Crippen molar-refractivity contribution in [1.29, 1.82) is 0 Å². The molecule has 0 amide bonds. The van der Waals surface area contributed by atoms with Gasteiger partial charge in [0, 0.05) is 27.4 Å². The lowest BCUT2D eigenvalue weighted by atomic mass is 9.74. The number of carbonyl (C=O) groups is 1. The predicted octanol–water partition coefficient (Wildman–Crippen LogP) is 8.43. The fourth-order valence-electron chi connectivity index (χ4n) is 4.71. The van der Waals surface area contributed by atoms with Crippen LogP contribution in [0.3, 0.4) is 0 Å². The molecule has 4 rings (SSSR count). The number of aliphatic carboxylic acids is 1. The van der Waals surface area contributed by atoms with Gasteiger partial charge in [0.2, 0.25) is 0 Å². The first-order valence-electron chi connectivity index (χ1n) is 11.3. The molecule has 4 nitrogen and oxygen atoms in total. The summed E-state index contributed by atoms with van der Waals surface area (Å²) >= 11 is 18.8. The van der Waals surface area contributed by atoms with E-state index in [1.54, 1.807) is 12.1 Å². The van der Waals surface area contributed by atoms with E-state index in [1.807, 2.05) is 43.3 Å². The zero-order valence-electron chi connectivity index (χ0n) is 19.4. The molecule has 0 unspecified atom stereocenters. The van der Waals surface area contributed by atoms with Crippen molar-refractivity contribution in [3.05, 3.63) is 110 Å². The topological polar surface area (TPSA) is 55.8 Å². The Balaban J connectivity index is 1.84. The average Bonchev–Trinajstić information content (AvgIpc) is 2.82. The summed E-state index contributed by atoms with van der Waals surface area (Å²) in [4.78, 5) is 11.2. The van der Waals surface area contributed by atoms with Crippen molar-refractivity contribution in [3.63, 3.8) is 0 Å². The zero-order valence-corrected chi connectivity index (χ0v) is 21.7. The molecule has 3 aromatic carbocycles. The minimum atomic E-state index is -1.18. The quantitative estimate of drug-likeness (QED) is 0.301. The van der Waals surface area contributed by atoms with Crippen molar-refractivity contribution in [3.8, 4) is 5.75 Å². The highest BCUT2D eigenvalue weighted by Crippen LogP contribution is 2.54. The van der Waals surface area contributed by atoms with E-state index in [1.165, 1.54) is 6.07 Å². The molecule has 0 aromatic heterocycles. The van der Waals surface area contributed by atoms with E-state index in [0.29, 0.717) is 22.0 Å². The van der Waals surface area contributed by atoms with Crippen molar-refractivity contribution < 1.29 is 23.8 Å². The fraction of sp³-hybridized carbons (Fsp3) is 0.250. The van der Waals surface area contributed by atoms with Crippen LogP contribution in [0.15, 0.2) is 72.8 Å². The molecule has 0 bridgehead atoms. The molecule has 1 N–H and O–H groups in total. The third-order valence-corrected chi connectivity index (χ3v) is 7.09. The summed E-state index contributed by atoms with van der Waals surface area (Å²) in [7, 11) is 0. The second kappa shape index (κ2) is 11.2. The molecule has 0 saturated carbocycles. The van der Waals surface area contributed by atoms with Crippen molar-refractivity contribution in [1.82, 2.24) is 0 Å². The Hall–Kier alpha value is -2.57. The molecule has 3 aromatic rings. The third kappa shape index (κ3) is 5.87. The van der Waals surface area contributed by atoms with Gasteiger partial charge in [-0.1, -0.05) is 71.2 Å². The normalized spacial score (nSPS) is 21.7. The van der Waals surface area contributed by atoms with Crippen LogP contribution in [0.25, 0.3) is 0 Å². The average molecular weight is 550 g/mol. The monoisotopic (exact) mass is 548 g/mol. The van der Waals surface area contributed by atoms with Crippen LogP contribution in [0.2, 0.25) is 15.1 Å². The molecule has 8 heteroatoms. The number of rotatable bonds is 7. The van der Waals surface area contributed by atoms with Crippen LogP contribution in [0.4, 0.5) is 4.39 Å².